The van der Waals surface area contributed by atoms with Crippen molar-refractivity contribution in [3.63, 3.8) is 0 Å². The van der Waals surface area contributed by atoms with E-state index in [0.717, 1.165) is 6.42 Å². The summed E-state index contributed by atoms with van der Waals surface area (Å²) in [5.74, 6) is 0. The molecular formula is C9H10I2. The summed E-state index contributed by atoms with van der Waals surface area (Å²) in [6, 6.07) is 4.42. The van der Waals surface area contributed by atoms with Crippen LogP contribution in [-0.4, -0.2) is 0 Å². The highest BCUT2D eigenvalue weighted by Gasteiger charge is 2.03. The molecule has 0 fully saturated rings. The molecular weight excluding hydrogens is 362 g/mol. The van der Waals surface area contributed by atoms with Crippen LogP contribution in [0.15, 0.2) is 12.1 Å². The Bertz CT molecular complexity index is 267. The average molecular weight is 372 g/mol. The molecule has 2 heteroatoms. The first kappa shape index (κ1) is 9.77. The second kappa shape index (κ2) is 4.07. The first-order valence-corrected chi connectivity index (χ1v) is 5.76. The lowest BCUT2D eigenvalue weighted by atomic mass is 10.1. The van der Waals surface area contributed by atoms with Crippen LogP contribution in [0.2, 0.25) is 0 Å². The number of hydrogen-bond donors (Lipinski definition) is 0. The van der Waals surface area contributed by atoms with Crippen LogP contribution in [0.3, 0.4) is 0 Å². The van der Waals surface area contributed by atoms with Gasteiger partial charge < -0.3 is 0 Å². The molecule has 0 aromatic heterocycles. The Balaban J connectivity index is 3.25. The van der Waals surface area contributed by atoms with E-state index >= 15 is 0 Å². The minimum Gasteiger partial charge on any atom is -0.0613 e. The zero-order valence-electron chi connectivity index (χ0n) is 6.62. The highest BCUT2D eigenvalue weighted by molar-refractivity contribution is 14.1. The Labute approximate surface area is 95.0 Å². The summed E-state index contributed by atoms with van der Waals surface area (Å²) in [6.07, 6.45) is 1.13. The summed E-state index contributed by atoms with van der Waals surface area (Å²) in [5, 5.41) is 0. The third-order valence-corrected chi connectivity index (χ3v) is 5.39. The van der Waals surface area contributed by atoms with Crippen LogP contribution in [0.1, 0.15) is 18.1 Å². The molecule has 1 aromatic carbocycles. The quantitative estimate of drug-likeness (QED) is 0.659. The van der Waals surface area contributed by atoms with Crippen molar-refractivity contribution in [1.29, 1.82) is 0 Å². The molecule has 11 heavy (non-hydrogen) atoms. The van der Waals surface area contributed by atoms with Crippen LogP contribution in [0, 0.1) is 14.1 Å². The Hall–Kier alpha value is 0.680. The molecule has 0 aliphatic heterocycles. The van der Waals surface area contributed by atoms with Crippen LogP contribution < -0.4 is 0 Å². The van der Waals surface area contributed by atoms with Gasteiger partial charge in [0.15, 0.2) is 0 Å². The third kappa shape index (κ3) is 2.08. The number of hydrogen-bond acceptors (Lipinski definition) is 0. The predicted molar refractivity (Wildman–Crippen MR) is 66.0 cm³/mol. The molecule has 0 aliphatic rings. The summed E-state index contributed by atoms with van der Waals surface area (Å²) in [4.78, 5) is 0. The van der Waals surface area contributed by atoms with E-state index in [9.17, 15) is 0 Å². The molecule has 1 rings (SSSR count). The maximum Gasteiger partial charge on any atom is 0.0298 e. The van der Waals surface area contributed by atoms with Crippen molar-refractivity contribution in [2.75, 3.05) is 0 Å². The van der Waals surface area contributed by atoms with Crippen molar-refractivity contribution in [2.45, 2.75) is 20.3 Å². The van der Waals surface area contributed by atoms with Crippen molar-refractivity contribution in [2.24, 2.45) is 0 Å². The van der Waals surface area contributed by atoms with Crippen LogP contribution >= 0.6 is 45.2 Å². The lowest BCUT2D eigenvalue weighted by Crippen LogP contribution is -1.92. The first-order chi connectivity index (χ1) is 5.16. The molecule has 0 amide bonds. The minimum atomic E-state index is 1.13. The summed E-state index contributed by atoms with van der Waals surface area (Å²) < 4.78 is 2.83. The summed E-state index contributed by atoms with van der Waals surface area (Å²) in [7, 11) is 0. The van der Waals surface area contributed by atoms with Crippen molar-refractivity contribution in [3.8, 4) is 0 Å². The fraction of sp³-hybridized carbons (Fsp3) is 0.333. The lowest BCUT2D eigenvalue weighted by Gasteiger charge is -2.05. The van der Waals surface area contributed by atoms with Crippen molar-refractivity contribution in [1.82, 2.24) is 0 Å². The molecule has 0 unspecified atom stereocenters. The molecule has 0 saturated carbocycles. The lowest BCUT2D eigenvalue weighted by molar-refractivity contribution is 1.11. The number of rotatable bonds is 1. The number of halogens is 2. The summed E-state index contributed by atoms with van der Waals surface area (Å²) >= 11 is 4.83. The van der Waals surface area contributed by atoms with Gasteiger partial charge in [-0.3, -0.25) is 0 Å². The molecule has 60 valence electrons. The Morgan fingerprint density at radius 1 is 1.18 bits per heavy atom. The number of aryl methyl sites for hydroxylation is 2. The van der Waals surface area contributed by atoms with E-state index in [0.29, 0.717) is 0 Å². The zero-order chi connectivity index (χ0) is 8.43. The van der Waals surface area contributed by atoms with E-state index in [1.807, 2.05) is 0 Å². The van der Waals surface area contributed by atoms with E-state index in [1.165, 1.54) is 18.3 Å². The SMILES string of the molecule is CCc1ccc(C)c(I)c1I. The van der Waals surface area contributed by atoms with E-state index in [2.05, 4.69) is 71.2 Å². The molecule has 0 N–H and O–H groups in total. The van der Waals surface area contributed by atoms with Gasteiger partial charge in [-0.15, -0.1) is 0 Å². The molecule has 0 nitrogen and oxygen atoms in total. The molecule has 0 atom stereocenters. The number of benzene rings is 1. The molecule has 0 spiro atoms. The van der Waals surface area contributed by atoms with Crippen molar-refractivity contribution < 1.29 is 0 Å². The van der Waals surface area contributed by atoms with E-state index in [1.54, 1.807) is 0 Å². The highest BCUT2D eigenvalue weighted by Crippen LogP contribution is 2.22. The monoisotopic (exact) mass is 372 g/mol. The van der Waals surface area contributed by atoms with Crippen LogP contribution in [0.4, 0.5) is 0 Å². The smallest absolute Gasteiger partial charge is 0.0298 e. The molecule has 0 radical (unpaired) electrons. The summed E-state index contributed by atoms with van der Waals surface area (Å²) in [5.41, 5.74) is 2.84. The summed E-state index contributed by atoms with van der Waals surface area (Å²) in [6.45, 7) is 4.35. The van der Waals surface area contributed by atoms with Gasteiger partial charge in [0, 0.05) is 7.14 Å². The van der Waals surface area contributed by atoms with Gasteiger partial charge in [0.2, 0.25) is 0 Å². The van der Waals surface area contributed by atoms with Gasteiger partial charge >= 0.3 is 0 Å². The second-order valence-corrected chi connectivity index (χ2v) is 4.68. The van der Waals surface area contributed by atoms with Crippen molar-refractivity contribution in [3.05, 3.63) is 30.4 Å². The Morgan fingerprint density at radius 2 is 1.82 bits per heavy atom. The standard InChI is InChI=1S/C9H10I2/c1-3-7-5-4-6(2)8(10)9(7)11/h4-5H,3H2,1-2H3. The third-order valence-electron chi connectivity index (χ3n) is 1.74. The fourth-order valence-corrected chi connectivity index (χ4v) is 2.47. The maximum atomic E-state index is 2.42. The van der Waals surface area contributed by atoms with Gasteiger partial charge in [-0.25, -0.2) is 0 Å². The zero-order valence-corrected chi connectivity index (χ0v) is 10.9. The predicted octanol–water partition coefficient (Wildman–Crippen LogP) is 3.77. The molecule has 0 aliphatic carbocycles. The van der Waals surface area contributed by atoms with Crippen LogP contribution in [0.25, 0.3) is 0 Å². The topological polar surface area (TPSA) is 0 Å². The highest BCUT2D eigenvalue weighted by atomic mass is 127. The second-order valence-electron chi connectivity index (χ2n) is 2.52. The normalized spacial score (nSPS) is 10.2. The Morgan fingerprint density at radius 3 is 2.36 bits per heavy atom. The van der Waals surface area contributed by atoms with Gasteiger partial charge in [0.25, 0.3) is 0 Å². The molecule has 0 bridgehead atoms. The average Bonchev–Trinajstić information content (AvgIpc) is 2.01. The van der Waals surface area contributed by atoms with E-state index < -0.39 is 0 Å². The van der Waals surface area contributed by atoms with Crippen molar-refractivity contribution >= 4 is 45.2 Å². The molecule has 1 aromatic rings. The van der Waals surface area contributed by atoms with Gasteiger partial charge in [0.1, 0.15) is 0 Å². The van der Waals surface area contributed by atoms with Gasteiger partial charge in [-0.05, 0) is 69.7 Å². The minimum absolute atomic E-state index is 1.13. The Kier molecular flexibility index (Phi) is 3.61. The van der Waals surface area contributed by atoms with Gasteiger partial charge in [0.05, 0.1) is 0 Å². The van der Waals surface area contributed by atoms with Gasteiger partial charge in [-0.2, -0.15) is 0 Å². The largest absolute Gasteiger partial charge is 0.0613 e. The molecule has 0 saturated heterocycles. The fourth-order valence-electron chi connectivity index (χ4n) is 0.959. The van der Waals surface area contributed by atoms with E-state index in [4.69, 9.17) is 0 Å². The maximum absolute atomic E-state index is 2.42. The first-order valence-electron chi connectivity index (χ1n) is 3.60. The van der Waals surface area contributed by atoms with Gasteiger partial charge in [-0.1, -0.05) is 19.1 Å². The van der Waals surface area contributed by atoms with Crippen LogP contribution in [0.5, 0.6) is 0 Å². The van der Waals surface area contributed by atoms with E-state index in [-0.39, 0.29) is 0 Å². The van der Waals surface area contributed by atoms with Crippen LogP contribution in [-0.2, 0) is 6.42 Å². The molecule has 0 heterocycles.